The zero-order valence-corrected chi connectivity index (χ0v) is 14.1. The summed E-state index contributed by atoms with van der Waals surface area (Å²) < 4.78 is 47.4. The zero-order valence-electron chi connectivity index (χ0n) is 13.3. The van der Waals surface area contributed by atoms with Gasteiger partial charge in [-0.05, 0) is 32.9 Å². The SMILES string of the molecule is C=C[C@H]1O[C@@H]2OC(C)(C)O[C@@H]2[C@H]1OS(=O)(=O)c1ccc(C)cc1. The molecule has 2 heterocycles. The summed E-state index contributed by atoms with van der Waals surface area (Å²) in [6.07, 6.45) is -1.28. The summed E-state index contributed by atoms with van der Waals surface area (Å²) in [4.78, 5) is 0.0903. The highest BCUT2D eigenvalue weighted by Crippen LogP contribution is 2.40. The highest BCUT2D eigenvalue weighted by Gasteiger charge is 2.56. The van der Waals surface area contributed by atoms with E-state index in [1.165, 1.54) is 18.2 Å². The van der Waals surface area contributed by atoms with Crippen molar-refractivity contribution in [2.75, 3.05) is 0 Å². The Bertz CT molecular complexity index is 694. The maximum atomic E-state index is 12.5. The number of rotatable bonds is 4. The molecule has 0 saturated carbocycles. The first-order valence-corrected chi connectivity index (χ1v) is 8.76. The summed E-state index contributed by atoms with van der Waals surface area (Å²) in [6.45, 7) is 9.02. The van der Waals surface area contributed by atoms with Crippen molar-refractivity contribution < 1.29 is 26.8 Å². The van der Waals surface area contributed by atoms with Gasteiger partial charge in [-0.25, -0.2) is 0 Å². The minimum Gasteiger partial charge on any atom is -0.339 e. The second-order valence-corrected chi connectivity index (χ2v) is 7.71. The molecule has 0 radical (unpaired) electrons. The predicted molar refractivity (Wildman–Crippen MR) is 82.1 cm³/mol. The summed E-state index contributed by atoms with van der Waals surface area (Å²) in [5, 5.41) is 0. The first-order valence-electron chi connectivity index (χ1n) is 7.35. The van der Waals surface area contributed by atoms with Gasteiger partial charge in [-0.2, -0.15) is 8.42 Å². The molecule has 4 atom stereocenters. The van der Waals surface area contributed by atoms with E-state index in [0.29, 0.717) is 0 Å². The Hall–Kier alpha value is -1.25. The molecule has 1 aromatic rings. The number of aryl methyl sites for hydroxylation is 1. The molecular formula is C16H20O6S. The molecule has 0 aliphatic carbocycles. The van der Waals surface area contributed by atoms with E-state index in [1.54, 1.807) is 26.0 Å². The normalized spacial score (nSPS) is 32.7. The fourth-order valence-corrected chi connectivity index (χ4v) is 3.80. The van der Waals surface area contributed by atoms with Gasteiger partial charge in [0, 0.05) is 0 Å². The number of fused-ring (bicyclic) bond motifs is 1. The van der Waals surface area contributed by atoms with Crippen LogP contribution in [0.25, 0.3) is 0 Å². The lowest BCUT2D eigenvalue weighted by Crippen LogP contribution is -2.37. The van der Waals surface area contributed by atoms with Crippen LogP contribution in [0.15, 0.2) is 41.8 Å². The zero-order chi connectivity index (χ0) is 16.8. The monoisotopic (exact) mass is 340 g/mol. The third-order valence-electron chi connectivity index (χ3n) is 3.81. The van der Waals surface area contributed by atoms with Gasteiger partial charge in [-0.1, -0.05) is 23.8 Å². The van der Waals surface area contributed by atoms with Crippen molar-refractivity contribution in [3.63, 3.8) is 0 Å². The third kappa shape index (κ3) is 3.20. The predicted octanol–water partition coefficient (Wildman–Crippen LogP) is 2.13. The van der Waals surface area contributed by atoms with E-state index >= 15 is 0 Å². The maximum absolute atomic E-state index is 12.5. The molecule has 0 aromatic heterocycles. The van der Waals surface area contributed by atoms with E-state index in [-0.39, 0.29) is 4.90 Å². The topological polar surface area (TPSA) is 71.1 Å². The molecule has 0 bridgehead atoms. The van der Waals surface area contributed by atoms with Crippen LogP contribution in [0.5, 0.6) is 0 Å². The molecule has 2 fully saturated rings. The minimum atomic E-state index is -3.94. The first-order chi connectivity index (χ1) is 10.7. The first kappa shape index (κ1) is 16.6. The van der Waals surface area contributed by atoms with Crippen molar-refractivity contribution in [2.45, 2.75) is 56.1 Å². The number of ether oxygens (including phenoxy) is 3. The second-order valence-electron chi connectivity index (χ2n) is 6.13. The number of hydrogen-bond acceptors (Lipinski definition) is 6. The van der Waals surface area contributed by atoms with E-state index in [0.717, 1.165) is 5.56 Å². The Labute approximate surface area is 136 Å². The molecule has 0 amide bonds. The highest BCUT2D eigenvalue weighted by molar-refractivity contribution is 7.86. The summed E-state index contributed by atoms with van der Waals surface area (Å²) in [6, 6.07) is 6.45. The lowest BCUT2D eigenvalue weighted by molar-refractivity contribution is -0.207. The van der Waals surface area contributed by atoms with E-state index in [1.807, 2.05) is 6.92 Å². The standard InChI is InChI=1S/C16H20O6S/c1-5-12-13(14-15(19-12)21-16(3,4)20-14)22-23(17,18)11-8-6-10(2)7-9-11/h5-9,12-15H,1H2,2-4H3/t12-,13+,14-,15-/m1/s1. The van der Waals surface area contributed by atoms with Crippen molar-refractivity contribution in [3.8, 4) is 0 Å². The Morgan fingerprint density at radius 3 is 2.48 bits per heavy atom. The number of hydrogen-bond donors (Lipinski definition) is 0. The van der Waals surface area contributed by atoms with E-state index in [4.69, 9.17) is 18.4 Å². The molecule has 1 aromatic carbocycles. The van der Waals surface area contributed by atoms with Crippen LogP contribution in [0.1, 0.15) is 19.4 Å². The summed E-state index contributed by atoms with van der Waals surface area (Å²) in [7, 11) is -3.94. The average Bonchev–Trinajstić information content (AvgIpc) is 2.92. The second kappa shape index (κ2) is 5.68. The molecule has 3 rings (SSSR count). The third-order valence-corrected chi connectivity index (χ3v) is 5.13. The fraction of sp³-hybridized carbons (Fsp3) is 0.500. The molecule has 2 aliphatic heterocycles. The molecule has 2 aliphatic rings. The van der Waals surface area contributed by atoms with Crippen molar-refractivity contribution in [1.29, 1.82) is 0 Å². The summed E-state index contributed by atoms with van der Waals surface area (Å²) in [5.74, 6) is -0.850. The van der Waals surface area contributed by atoms with Gasteiger partial charge in [0.15, 0.2) is 12.1 Å². The van der Waals surface area contributed by atoms with Crippen LogP contribution in [-0.2, 0) is 28.5 Å². The van der Waals surface area contributed by atoms with Gasteiger partial charge in [-0.15, -0.1) is 6.58 Å². The van der Waals surface area contributed by atoms with Crippen LogP contribution >= 0.6 is 0 Å². The van der Waals surface area contributed by atoms with Crippen LogP contribution in [0.3, 0.4) is 0 Å². The quantitative estimate of drug-likeness (QED) is 0.618. The van der Waals surface area contributed by atoms with Crippen LogP contribution in [0.4, 0.5) is 0 Å². The number of benzene rings is 1. The lowest BCUT2D eigenvalue weighted by Gasteiger charge is -2.24. The molecule has 2 saturated heterocycles. The van der Waals surface area contributed by atoms with E-state index in [2.05, 4.69) is 6.58 Å². The summed E-state index contributed by atoms with van der Waals surface area (Å²) >= 11 is 0. The van der Waals surface area contributed by atoms with Crippen molar-refractivity contribution in [2.24, 2.45) is 0 Å². The smallest absolute Gasteiger partial charge is 0.297 e. The van der Waals surface area contributed by atoms with Gasteiger partial charge in [0.25, 0.3) is 10.1 Å². The molecule has 126 valence electrons. The Kier molecular flexibility index (Phi) is 4.10. The molecule has 0 N–H and O–H groups in total. The van der Waals surface area contributed by atoms with Crippen molar-refractivity contribution >= 4 is 10.1 Å². The fourth-order valence-electron chi connectivity index (χ4n) is 2.71. The largest absolute Gasteiger partial charge is 0.339 e. The van der Waals surface area contributed by atoms with Crippen LogP contribution in [-0.4, -0.2) is 38.8 Å². The van der Waals surface area contributed by atoms with Crippen LogP contribution in [0, 0.1) is 6.92 Å². The van der Waals surface area contributed by atoms with Crippen LogP contribution < -0.4 is 0 Å². The average molecular weight is 340 g/mol. The van der Waals surface area contributed by atoms with Gasteiger partial charge >= 0.3 is 0 Å². The molecule has 23 heavy (non-hydrogen) atoms. The van der Waals surface area contributed by atoms with Crippen molar-refractivity contribution in [3.05, 3.63) is 42.5 Å². The van der Waals surface area contributed by atoms with Gasteiger partial charge in [0.05, 0.1) is 4.90 Å². The summed E-state index contributed by atoms with van der Waals surface area (Å²) in [5.41, 5.74) is 0.964. The molecular weight excluding hydrogens is 320 g/mol. The minimum absolute atomic E-state index is 0.0903. The van der Waals surface area contributed by atoms with Gasteiger partial charge in [0.1, 0.15) is 18.3 Å². The van der Waals surface area contributed by atoms with Crippen molar-refractivity contribution in [1.82, 2.24) is 0 Å². The van der Waals surface area contributed by atoms with E-state index < -0.39 is 40.5 Å². The highest BCUT2D eigenvalue weighted by atomic mass is 32.2. The molecule has 0 unspecified atom stereocenters. The molecule has 7 heteroatoms. The Balaban J connectivity index is 1.84. The van der Waals surface area contributed by atoms with E-state index in [9.17, 15) is 8.42 Å². The Morgan fingerprint density at radius 1 is 1.22 bits per heavy atom. The van der Waals surface area contributed by atoms with Gasteiger partial charge < -0.3 is 14.2 Å². The molecule has 0 spiro atoms. The maximum Gasteiger partial charge on any atom is 0.297 e. The van der Waals surface area contributed by atoms with Crippen LogP contribution in [0.2, 0.25) is 0 Å². The van der Waals surface area contributed by atoms with Gasteiger partial charge in [0.2, 0.25) is 0 Å². The lowest BCUT2D eigenvalue weighted by atomic mass is 10.1. The Morgan fingerprint density at radius 2 is 1.87 bits per heavy atom. The molecule has 6 nitrogen and oxygen atoms in total. The van der Waals surface area contributed by atoms with Gasteiger partial charge in [-0.3, -0.25) is 4.18 Å².